The second-order valence-corrected chi connectivity index (χ2v) is 10.6. The van der Waals surface area contributed by atoms with E-state index in [2.05, 4.69) is 10.1 Å². The number of nitrogens with zero attached hydrogens (tertiary/aromatic N) is 5. The van der Waals surface area contributed by atoms with E-state index in [1.165, 1.54) is 15.9 Å². The highest BCUT2D eigenvalue weighted by Crippen LogP contribution is 2.35. The van der Waals surface area contributed by atoms with Gasteiger partial charge >= 0.3 is 0 Å². The van der Waals surface area contributed by atoms with Crippen molar-refractivity contribution in [1.82, 2.24) is 24.4 Å². The lowest BCUT2D eigenvalue weighted by atomic mass is 10.1. The Balaban J connectivity index is 1.36. The number of ether oxygens (including phenoxy) is 2. The van der Waals surface area contributed by atoms with E-state index >= 15 is 0 Å². The summed E-state index contributed by atoms with van der Waals surface area (Å²) in [5.74, 6) is 1.72. The molecule has 0 atom stereocenters. The number of hydrogen-bond acceptors (Lipinski definition) is 7. The quantitative estimate of drug-likeness (QED) is 0.284. The maximum atomic E-state index is 13.4. The lowest BCUT2D eigenvalue weighted by Crippen LogP contribution is -2.23. The summed E-state index contributed by atoms with van der Waals surface area (Å²) in [5.41, 5.74) is 3.52. The molecule has 3 aromatic heterocycles. The lowest BCUT2D eigenvalue weighted by molar-refractivity contribution is 0.171. The van der Waals surface area contributed by atoms with Gasteiger partial charge in [0.1, 0.15) is 18.9 Å². The molecule has 8 nitrogen and oxygen atoms in total. The van der Waals surface area contributed by atoms with Crippen molar-refractivity contribution in [3.8, 4) is 39.8 Å². The fourth-order valence-corrected chi connectivity index (χ4v) is 5.77. The number of fused-ring (bicyclic) bond motifs is 2. The third-order valence-corrected chi connectivity index (χ3v) is 7.73. The summed E-state index contributed by atoms with van der Waals surface area (Å²) in [6.45, 7) is 0.999. The molecule has 0 radical (unpaired) electrons. The molecule has 0 saturated heterocycles. The number of halogens is 2. The van der Waals surface area contributed by atoms with Crippen molar-refractivity contribution in [3.63, 3.8) is 0 Å². The molecule has 1 aliphatic rings. The van der Waals surface area contributed by atoms with E-state index in [0.717, 1.165) is 16.8 Å². The number of thiazole rings is 1. The summed E-state index contributed by atoms with van der Waals surface area (Å²) in [5, 5.41) is 10.2. The van der Waals surface area contributed by atoms with Crippen LogP contribution in [0, 0.1) is 0 Å². The molecule has 0 N–H and O–H groups in total. The topological polar surface area (TPSA) is 83.5 Å². The van der Waals surface area contributed by atoms with E-state index in [-0.39, 0.29) is 5.56 Å². The third-order valence-electron chi connectivity index (χ3n) is 6.22. The highest BCUT2D eigenvalue weighted by atomic mass is 35.5. The summed E-state index contributed by atoms with van der Waals surface area (Å²) >= 11 is 13.6. The van der Waals surface area contributed by atoms with E-state index in [9.17, 15) is 4.79 Å². The Hall–Kier alpha value is -4.18. The van der Waals surface area contributed by atoms with Crippen LogP contribution < -0.4 is 19.6 Å². The Bertz CT molecular complexity index is 1980. The van der Waals surface area contributed by atoms with Crippen LogP contribution in [0.5, 0.6) is 11.5 Å². The summed E-state index contributed by atoms with van der Waals surface area (Å²) < 4.78 is 15.0. The number of rotatable bonds is 4. The first-order valence-electron chi connectivity index (χ1n) is 12.0. The SMILES string of the molecule is O=c1/c(=C/c2cn(-c3ccccc3)nc2-c2ccc3c(c2)OCCO3)sc2nc(-c3ccc(Cl)cc3Cl)nn12. The van der Waals surface area contributed by atoms with E-state index in [4.69, 9.17) is 37.8 Å². The van der Waals surface area contributed by atoms with Crippen LogP contribution in [0.4, 0.5) is 0 Å². The molecule has 0 amide bonds. The van der Waals surface area contributed by atoms with Gasteiger partial charge in [0.15, 0.2) is 17.3 Å². The zero-order chi connectivity index (χ0) is 26.5. The van der Waals surface area contributed by atoms with Gasteiger partial charge in [-0.2, -0.15) is 14.6 Å². The van der Waals surface area contributed by atoms with E-state index < -0.39 is 0 Å². The maximum Gasteiger partial charge on any atom is 0.291 e. The van der Waals surface area contributed by atoms with Crippen molar-refractivity contribution < 1.29 is 9.47 Å². The van der Waals surface area contributed by atoms with Gasteiger partial charge < -0.3 is 9.47 Å². The van der Waals surface area contributed by atoms with Crippen molar-refractivity contribution in [3.05, 3.63) is 103 Å². The van der Waals surface area contributed by atoms with Crippen LogP contribution in [-0.2, 0) is 0 Å². The second-order valence-electron chi connectivity index (χ2n) is 8.74. The Morgan fingerprint density at radius 2 is 1.74 bits per heavy atom. The molecule has 1 aliphatic heterocycles. The molecule has 0 bridgehead atoms. The summed E-state index contributed by atoms with van der Waals surface area (Å²) in [7, 11) is 0. The molecule has 4 heterocycles. The van der Waals surface area contributed by atoms with Crippen LogP contribution >= 0.6 is 34.5 Å². The molecule has 0 fully saturated rings. The summed E-state index contributed by atoms with van der Waals surface area (Å²) in [4.78, 5) is 18.4. The molecule has 11 heteroatoms. The molecular formula is C28H17Cl2N5O3S. The minimum atomic E-state index is -0.278. The van der Waals surface area contributed by atoms with Crippen LogP contribution in [0.3, 0.4) is 0 Å². The summed E-state index contributed by atoms with van der Waals surface area (Å²) in [6, 6.07) is 20.6. The Kier molecular flexibility index (Phi) is 5.84. The van der Waals surface area contributed by atoms with E-state index in [1.807, 2.05) is 60.8 Å². The van der Waals surface area contributed by atoms with Crippen molar-refractivity contribution in [2.75, 3.05) is 13.2 Å². The first kappa shape index (κ1) is 23.9. The molecule has 7 rings (SSSR count). The normalized spacial score (nSPS) is 13.3. The molecular weight excluding hydrogens is 557 g/mol. The molecule has 39 heavy (non-hydrogen) atoms. The first-order chi connectivity index (χ1) is 19.0. The molecule has 6 aromatic rings. The van der Waals surface area contributed by atoms with Crippen LogP contribution in [0.2, 0.25) is 10.0 Å². The van der Waals surface area contributed by atoms with Gasteiger partial charge in [-0.3, -0.25) is 4.79 Å². The molecule has 0 spiro atoms. The molecule has 0 aliphatic carbocycles. The minimum Gasteiger partial charge on any atom is -0.486 e. The Morgan fingerprint density at radius 3 is 2.54 bits per heavy atom. The average Bonchev–Trinajstić information content (AvgIpc) is 3.64. The minimum absolute atomic E-state index is 0.278. The van der Waals surface area contributed by atoms with E-state index in [0.29, 0.717) is 61.3 Å². The third kappa shape index (κ3) is 4.34. The molecule has 0 unspecified atom stereocenters. The van der Waals surface area contributed by atoms with Crippen LogP contribution in [0.15, 0.2) is 77.7 Å². The van der Waals surface area contributed by atoms with Gasteiger partial charge in [0.25, 0.3) is 5.56 Å². The van der Waals surface area contributed by atoms with Gasteiger partial charge in [0.05, 0.1) is 15.2 Å². The summed E-state index contributed by atoms with van der Waals surface area (Å²) in [6.07, 6.45) is 3.71. The largest absolute Gasteiger partial charge is 0.486 e. The fourth-order valence-electron chi connectivity index (χ4n) is 4.38. The number of hydrogen-bond donors (Lipinski definition) is 0. The number of aromatic nitrogens is 5. The van der Waals surface area contributed by atoms with Gasteiger partial charge in [-0.05, 0) is 54.6 Å². The molecule has 192 valence electrons. The van der Waals surface area contributed by atoms with Crippen molar-refractivity contribution in [1.29, 1.82) is 0 Å². The van der Waals surface area contributed by atoms with Crippen LogP contribution in [0.1, 0.15) is 5.56 Å². The second kappa shape index (κ2) is 9.53. The van der Waals surface area contributed by atoms with Gasteiger partial charge in [-0.15, -0.1) is 5.10 Å². The monoisotopic (exact) mass is 573 g/mol. The smallest absolute Gasteiger partial charge is 0.291 e. The van der Waals surface area contributed by atoms with E-state index in [1.54, 1.807) is 22.9 Å². The zero-order valence-electron chi connectivity index (χ0n) is 20.0. The predicted molar refractivity (Wildman–Crippen MR) is 151 cm³/mol. The molecule has 0 saturated carbocycles. The number of para-hydroxylation sites is 1. The Labute approximate surface area is 235 Å². The lowest BCUT2D eigenvalue weighted by Gasteiger charge is -2.18. The van der Waals surface area contributed by atoms with Crippen molar-refractivity contribution in [2.45, 2.75) is 0 Å². The van der Waals surface area contributed by atoms with Crippen LogP contribution in [0.25, 0.3) is 39.4 Å². The zero-order valence-corrected chi connectivity index (χ0v) is 22.4. The van der Waals surface area contributed by atoms with Gasteiger partial charge in [0.2, 0.25) is 4.96 Å². The number of benzene rings is 3. The fraction of sp³-hybridized carbons (Fsp3) is 0.0714. The standard InChI is InChI=1S/C28H17Cl2N5O3S/c29-18-7-8-20(21(30)14-18)26-31-28-35(33-26)27(36)24(39-28)13-17-15-34(19-4-2-1-3-5-19)32-25(17)16-6-9-22-23(12-16)38-11-10-37-22/h1-9,12-15H,10-11H2/b24-13-. The van der Waals surface area contributed by atoms with Gasteiger partial charge in [0, 0.05) is 27.9 Å². The maximum absolute atomic E-state index is 13.4. The molecule has 3 aromatic carbocycles. The van der Waals surface area contributed by atoms with Crippen LogP contribution in [-0.4, -0.2) is 37.6 Å². The van der Waals surface area contributed by atoms with Gasteiger partial charge in [-0.25, -0.2) is 4.68 Å². The average molecular weight is 574 g/mol. The Morgan fingerprint density at radius 1 is 0.923 bits per heavy atom. The first-order valence-corrected chi connectivity index (χ1v) is 13.5. The highest BCUT2D eigenvalue weighted by molar-refractivity contribution is 7.15. The highest BCUT2D eigenvalue weighted by Gasteiger charge is 2.18. The van der Waals surface area contributed by atoms with Gasteiger partial charge in [-0.1, -0.05) is 52.7 Å². The predicted octanol–water partition coefficient (Wildman–Crippen LogP) is 5.30. The van der Waals surface area contributed by atoms with Crippen molar-refractivity contribution in [2.24, 2.45) is 0 Å². The van der Waals surface area contributed by atoms with Crippen molar-refractivity contribution >= 4 is 45.6 Å².